The second kappa shape index (κ2) is 4.91. The summed E-state index contributed by atoms with van der Waals surface area (Å²) in [4.78, 5) is 0. The standard InChI is InChI=1S/C13H11F2NO2/c1-17-10-3-2-4-11(13(10)16)18-12-7-8(14)5-6-9(12)15/h2-7H,16H2,1H3. The Kier molecular flexibility index (Phi) is 3.32. The van der Waals surface area contributed by atoms with Gasteiger partial charge in [-0.3, -0.25) is 0 Å². The molecule has 2 aromatic rings. The van der Waals surface area contributed by atoms with Crippen LogP contribution >= 0.6 is 0 Å². The van der Waals surface area contributed by atoms with Gasteiger partial charge in [0.2, 0.25) is 0 Å². The fourth-order valence-corrected chi connectivity index (χ4v) is 1.46. The molecule has 2 rings (SSSR count). The van der Waals surface area contributed by atoms with Crippen LogP contribution in [0, 0.1) is 11.6 Å². The van der Waals surface area contributed by atoms with Crippen molar-refractivity contribution in [1.29, 1.82) is 0 Å². The highest BCUT2D eigenvalue weighted by atomic mass is 19.1. The first-order chi connectivity index (χ1) is 8.61. The molecule has 0 radical (unpaired) electrons. The average Bonchev–Trinajstić information content (AvgIpc) is 2.36. The molecule has 0 spiro atoms. The summed E-state index contributed by atoms with van der Waals surface area (Å²) in [5.74, 6) is -0.871. The summed E-state index contributed by atoms with van der Waals surface area (Å²) in [6, 6.07) is 7.78. The molecule has 18 heavy (non-hydrogen) atoms. The van der Waals surface area contributed by atoms with Crippen molar-refractivity contribution in [2.24, 2.45) is 0 Å². The molecule has 0 aromatic heterocycles. The van der Waals surface area contributed by atoms with E-state index in [1.165, 1.54) is 7.11 Å². The van der Waals surface area contributed by atoms with Crippen LogP contribution in [0.2, 0.25) is 0 Å². The maximum atomic E-state index is 13.4. The SMILES string of the molecule is COc1cccc(Oc2cc(F)ccc2F)c1N. The van der Waals surface area contributed by atoms with E-state index in [0.717, 1.165) is 18.2 Å². The van der Waals surface area contributed by atoms with Crippen molar-refractivity contribution >= 4 is 5.69 Å². The number of halogens is 2. The summed E-state index contributed by atoms with van der Waals surface area (Å²) in [5.41, 5.74) is 5.99. The van der Waals surface area contributed by atoms with Gasteiger partial charge >= 0.3 is 0 Å². The number of anilines is 1. The van der Waals surface area contributed by atoms with Crippen molar-refractivity contribution in [3.63, 3.8) is 0 Å². The first kappa shape index (κ1) is 12.2. The van der Waals surface area contributed by atoms with Gasteiger partial charge in [-0.1, -0.05) is 6.07 Å². The quantitative estimate of drug-likeness (QED) is 0.851. The minimum Gasteiger partial charge on any atom is -0.494 e. The van der Waals surface area contributed by atoms with Crippen molar-refractivity contribution in [3.05, 3.63) is 48.0 Å². The number of nitrogens with two attached hydrogens (primary N) is 1. The number of rotatable bonds is 3. The number of para-hydroxylation sites is 1. The number of ether oxygens (including phenoxy) is 2. The third kappa shape index (κ3) is 2.34. The Bertz CT molecular complexity index is 573. The predicted molar refractivity (Wildman–Crippen MR) is 63.8 cm³/mol. The average molecular weight is 251 g/mol. The molecule has 0 saturated carbocycles. The smallest absolute Gasteiger partial charge is 0.166 e. The van der Waals surface area contributed by atoms with Gasteiger partial charge in [-0.15, -0.1) is 0 Å². The fraction of sp³-hybridized carbons (Fsp3) is 0.0769. The van der Waals surface area contributed by atoms with Crippen LogP contribution in [0.4, 0.5) is 14.5 Å². The van der Waals surface area contributed by atoms with Gasteiger partial charge in [0.15, 0.2) is 17.3 Å². The first-order valence-corrected chi connectivity index (χ1v) is 5.17. The zero-order valence-corrected chi connectivity index (χ0v) is 9.61. The number of hydrogen-bond donors (Lipinski definition) is 1. The van der Waals surface area contributed by atoms with Crippen LogP contribution in [0.5, 0.6) is 17.2 Å². The lowest BCUT2D eigenvalue weighted by Gasteiger charge is -2.11. The third-order valence-corrected chi connectivity index (χ3v) is 2.36. The van der Waals surface area contributed by atoms with Gasteiger partial charge < -0.3 is 15.2 Å². The van der Waals surface area contributed by atoms with Gasteiger partial charge in [0.25, 0.3) is 0 Å². The molecular weight excluding hydrogens is 240 g/mol. The second-order valence-electron chi connectivity index (χ2n) is 3.55. The number of hydrogen-bond acceptors (Lipinski definition) is 3. The molecule has 0 saturated heterocycles. The highest BCUT2D eigenvalue weighted by molar-refractivity contribution is 5.63. The van der Waals surface area contributed by atoms with Crippen molar-refractivity contribution in [2.75, 3.05) is 12.8 Å². The van der Waals surface area contributed by atoms with E-state index in [9.17, 15) is 8.78 Å². The summed E-state index contributed by atoms with van der Waals surface area (Å²) < 4.78 is 36.6. The van der Waals surface area contributed by atoms with Crippen molar-refractivity contribution in [1.82, 2.24) is 0 Å². The molecule has 0 atom stereocenters. The van der Waals surface area contributed by atoms with Crippen LogP contribution < -0.4 is 15.2 Å². The molecule has 0 aliphatic heterocycles. The molecule has 0 fully saturated rings. The number of nitrogen functional groups attached to an aromatic ring is 1. The molecule has 0 heterocycles. The third-order valence-electron chi connectivity index (χ3n) is 2.36. The summed E-state index contributed by atoms with van der Waals surface area (Å²) in [6.45, 7) is 0. The van der Waals surface area contributed by atoms with Gasteiger partial charge in [-0.25, -0.2) is 8.78 Å². The van der Waals surface area contributed by atoms with Gasteiger partial charge in [-0.2, -0.15) is 0 Å². The van der Waals surface area contributed by atoms with E-state index in [0.29, 0.717) is 5.75 Å². The van der Waals surface area contributed by atoms with Crippen LogP contribution in [0.1, 0.15) is 0 Å². The molecule has 0 bridgehead atoms. The highest BCUT2D eigenvalue weighted by Gasteiger charge is 2.11. The molecule has 94 valence electrons. The van der Waals surface area contributed by atoms with E-state index in [-0.39, 0.29) is 17.2 Å². The van der Waals surface area contributed by atoms with E-state index >= 15 is 0 Å². The van der Waals surface area contributed by atoms with E-state index in [4.69, 9.17) is 15.2 Å². The van der Waals surface area contributed by atoms with Crippen LogP contribution in [0.25, 0.3) is 0 Å². The zero-order chi connectivity index (χ0) is 13.1. The Hall–Kier alpha value is -2.30. The van der Waals surface area contributed by atoms with E-state index < -0.39 is 11.6 Å². The normalized spacial score (nSPS) is 10.2. The van der Waals surface area contributed by atoms with Gasteiger partial charge in [0.1, 0.15) is 17.3 Å². The molecule has 2 N–H and O–H groups in total. The van der Waals surface area contributed by atoms with Crippen LogP contribution in [-0.4, -0.2) is 7.11 Å². The number of benzene rings is 2. The summed E-state index contributed by atoms with van der Waals surface area (Å²) in [5, 5.41) is 0. The van der Waals surface area contributed by atoms with Crippen LogP contribution in [0.15, 0.2) is 36.4 Å². The van der Waals surface area contributed by atoms with Gasteiger partial charge in [-0.05, 0) is 24.3 Å². The lowest BCUT2D eigenvalue weighted by molar-refractivity contribution is 0.408. The monoisotopic (exact) mass is 251 g/mol. The largest absolute Gasteiger partial charge is 0.494 e. The van der Waals surface area contributed by atoms with E-state index in [1.807, 2.05) is 0 Å². The van der Waals surface area contributed by atoms with E-state index in [2.05, 4.69) is 0 Å². The van der Waals surface area contributed by atoms with Gasteiger partial charge in [0.05, 0.1) is 7.11 Å². The first-order valence-electron chi connectivity index (χ1n) is 5.17. The second-order valence-corrected chi connectivity index (χ2v) is 3.55. The topological polar surface area (TPSA) is 44.5 Å². The van der Waals surface area contributed by atoms with E-state index in [1.54, 1.807) is 18.2 Å². The maximum Gasteiger partial charge on any atom is 0.166 e. The molecule has 2 aromatic carbocycles. The molecule has 3 nitrogen and oxygen atoms in total. The zero-order valence-electron chi connectivity index (χ0n) is 9.61. The summed E-state index contributed by atoms with van der Waals surface area (Å²) >= 11 is 0. The number of methoxy groups -OCH3 is 1. The molecule has 5 heteroatoms. The Morgan fingerprint density at radius 2 is 1.72 bits per heavy atom. The Morgan fingerprint density at radius 1 is 1.00 bits per heavy atom. The maximum absolute atomic E-state index is 13.4. The highest BCUT2D eigenvalue weighted by Crippen LogP contribution is 2.35. The minimum atomic E-state index is -0.668. The van der Waals surface area contributed by atoms with Crippen LogP contribution in [0.3, 0.4) is 0 Å². The van der Waals surface area contributed by atoms with Crippen molar-refractivity contribution in [2.45, 2.75) is 0 Å². The Balaban J connectivity index is 2.37. The summed E-state index contributed by atoms with van der Waals surface area (Å²) in [6.07, 6.45) is 0. The molecule has 0 amide bonds. The molecule has 0 aliphatic carbocycles. The summed E-state index contributed by atoms with van der Waals surface area (Å²) in [7, 11) is 1.46. The van der Waals surface area contributed by atoms with Crippen molar-refractivity contribution < 1.29 is 18.3 Å². The molecular formula is C13H11F2NO2. The Labute approximate surface area is 103 Å². The van der Waals surface area contributed by atoms with Crippen LogP contribution in [-0.2, 0) is 0 Å². The minimum absolute atomic E-state index is 0.207. The molecule has 0 unspecified atom stereocenters. The lowest BCUT2D eigenvalue weighted by Crippen LogP contribution is -1.97. The van der Waals surface area contributed by atoms with Crippen molar-refractivity contribution in [3.8, 4) is 17.2 Å². The lowest BCUT2D eigenvalue weighted by atomic mass is 10.2. The predicted octanol–water partition coefficient (Wildman–Crippen LogP) is 3.35. The Morgan fingerprint density at radius 3 is 2.44 bits per heavy atom. The molecule has 0 aliphatic rings. The fourth-order valence-electron chi connectivity index (χ4n) is 1.46. The van der Waals surface area contributed by atoms with Gasteiger partial charge in [0, 0.05) is 6.07 Å².